The summed E-state index contributed by atoms with van der Waals surface area (Å²) in [5.41, 5.74) is 1.04. The maximum atomic E-state index is 11.2. The Hall–Kier alpha value is -2.30. The van der Waals surface area contributed by atoms with Crippen LogP contribution in [0.4, 0.5) is 0 Å². The predicted octanol–water partition coefficient (Wildman–Crippen LogP) is 1.48. The maximum absolute atomic E-state index is 11.2. The van der Waals surface area contributed by atoms with Gasteiger partial charge in [0.2, 0.25) is 0 Å². The van der Waals surface area contributed by atoms with Gasteiger partial charge in [0.05, 0.1) is 7.11 Å². The molecule has 0 fully saturated rings. The second kappa shape index (κ2) is 6.44. The molecule has 0 aromatic heterocycles. The Balaban J connectivity index is 2.86. The molecule has 0 saturated heterocycles. The fraction of sp³-hybridized carbons (Fsp3) is 0.231. The molecule has 96 valence electrons. The molecule has 0 saturated carbocycles. The van der Waals surface area contributed by atoms with Crippen molar-refractivity contribution in [1.82, 2.24) is 5.32 Å². The van der Waals surface area contributed by atoms with Gasteiger partial charge in [-0.2, -0.15) is 0 Å². The number of methoxy groups -OCH3 is 1. The number of hydrogen-bond donors (Lipinski definition) is 2. The van der Waals surface area contributed by atoms with Crippen molar-refractivity contribution in [2.45, 2.75) is 13.0 Å². The summed E-state index contributed by atoms with van der Waals surface area (Å²) in [5.74, 6) is -1.55. The molecule has 1 aromatic carbocycles. The van der Waals surface area contributed by atoms with E-state index in [9.17, 15) is 9.59 Å². The summed E-state index contributed by atoms with van der Waals surface area (Å²) in [7, 11) is 1.26. The normalized spacial score (nSPS) is 12.7. The van der Waals surface area contributed by atoms with E-state index >= 15 is 0 Å². The van der Waals surface area contributed by atoms with E-state index in [-0.39, 0.29) is 0 Å². The molecule has 1 rings (SSSR count). The minimum atomic E-state index is -1.01. The largest absolute Gasteiger partial charge is 0.479 e. The molecule has 2 N–H and O–H groups in total. The molecule has 0 aliphatic rings. The lowest BCUT2D eigenvalue weighted by atomic mass is 10.1. The van der Waals surface area contributed by atoms with Gasteiger partial charge in [0.15, 0.2) is 0 Å². The summed E-state index contributed by atoms with van der Waals surface area (Å²) >= 11 is 0. The number of hydrogen-bond acceptors (Lipinski definition) is 4. The fourth-order valence-corrected chi connectivity index (χ4v) is 1.44. The van der Waals surface area contributed by atoms with Crippen LogP contribution in [0.2, 0.25) is 0 Å². The standard InChI is InChI=1S/C13H15NO4/c1-9(8-11(15)18-2)14-12(13(16)17)10-6-4-3-5-7-10/h3-8,12,14H,1-2H3,(H,16,17)/b9-8-. The van der Waals surface area contributed by atoms with E-state index in [1.165, 1.54) is 13.2 Å². The van der Waals surface area contributed by atoms with Crippen LogP contribution in [0, 0.1) is 0 Å². The Morgan fingerprint density at radius 3 is 2.44 bits per heavy atom. The highest BCUT2D eigenvalue weighted by Crippen LogP contribution is 2.14. The van der Waals surface area contributed by atoms with E-state index in [1.807, 2.05) is 0 Å². The first kappa shape index (κ1) is 13.8. The minimum absolute atomic E-state index is 0.429. The molecule has 0 radical (unpaired) electrons. The van der Waals surface area contributed by atoms with E-state index in [1.54, 1.807) is 37.3 Å². The zero-order valence-electron chi connectivity index (χ0n) is 10.2. The SMILES string of the molecule is COC(=O)/C=C(/C)NC(C(=O)O)c1ccccc1. The van der Waals surface area contributed by atoms with E-state index in [0.29, 0.717) is 11.3 Å². The van der Waals surface area contributed by atoms with Crippen molar-refractivity contribution < 1.29 is 19.4 Å². The first-order valence-corrected chi connectivity index (χ1v) is 5.35. The third-order valence-corrected chi connectivity index (χ3v) is 2.29. The number of carbonyl (C=O) groups excluding carboxylic acids is 1. The molecular weight excluding hydrogens is 234 g/mol. The van der Waals surface area contributed by atoms with Gasteiger partial charge in [0.1, 0.15) is 6.04 Å². The van der Waals surface area contributed by atoms with Gasteiger partial charge in [0.25, 0.3) is 0 Å². The Bertz CT molecular complexity index is 453. The van der Waals surface area contributed by atoms with Gasteiger partial charge in [-0.25, -0.2) is 9.59 Å². The number of esters is 1. The summed E-state index contributed by atoms with van der Waals surface area (Å²) in [6, 6.07) is 7.83. The van der Waals surface area contributed by atoms with Gasteiger partial charge < -0.3 is 15.2 Å². The molecule has 1 unspecified atom stereocenters. The molecule has 5 heteroatoms. The number of rotatable bonds is 5. The highest BCUT2D eigenvalue weighted by molar-refractivity contribution is 5.83. The second-order valence-corrected chi connectivity index (χ2v) is 3.68. The van der Waals surface area contributed by atoms with Crippen molar-refractivity contribution in [1.29, 1.82) is 0 Å². The quantitative estimate of drug-likeness (QED) is 0.610. The zero-order valence-corrected chi connectivity index (χ0v) is 10.2. The summed E-state index contributed by atoms with van der Waals surface area (Å²) in [6.45, 7) is 1.61. The molecule has 1 atom stereocenters. The number of nitrogens with one attached hydrogen (secondary N) is 1. The predicted molar refractivity (Wildman–Crippen MR) is 65.7 cm³/mol. The zero-order chi connectivity index (χ0) is 13.5. The summed E-state index contributed by atoms with van der Waals surface area (Å²) in [6.07, 6.45) is 1.21. The maximum Gasteiger partial charge on any atom is 0.332 e. The molecule has 0 spiro atoms. The van der Waals surface area contributed by atoms with Crippen LogP contribution >= 0.6 is 0 Å². The number of aliphatic carboxylic acids is 1. The van der Waals surface area contributed by atoms with Gasteiger partial charge in [-0.05, 0) is 12.5 Å². The van der Waals surface area contributed by atoms with Crippen LogP contribution in [-0.4, -0.2) is 24.2 Å². The van der Waals surface area contributed by atoms with Gasteiger partial charge in [-0.15, -0.1) is 0 Å². The lowest BCUT2D eigenvalue weighted by Gasteiger charge is -2.16. The van der Waals surface area contributed by atoms with Crippen molar-refractivity contribution in [3.63, 3.8) is 0 Å². The summed E-state index contributed by atoms with van der Waals surface area (Å²) in [4.78, 5) is 22.2. The first-order chi connectivity index (χ1) is 8.54. The Labute approximate surface area is 105 Å². The molecule has 0 amide bonds. The smallest absolute Gasteiger partial charge is 0.332 e. The van der Waals surface area contributed by atoms with E-state index in [4.69, 9.17) is 5.11 Å². The van der Waals surface area contributed by atoms with Crippen molar-refractivity contribution in [2.75, 3.05) is 7.11 Å². The van der Waals surface area contributed by atoms with Crippen LogP contribution in [0.15, 0.2) is 42.1 Å². The van der Waals surface area contributed by atoms with Crippen LogP contribution in [0.25, 0.3) is 0 Å². The molecule has 0 bridgehead atoms. The van der Waals surface area contributed by atoms with Crippen molar-refractivity contribution >= 4 is 11.9 Å². The van der Waals surface area contributed by atoms with Crippen LogP contribution in [0.3, 0.4) is 0 Å². The molecule has 1 aromatic rings. The topological polar surface area (TPSA) is 75.6 Å². The van der Waals surface area contributed by atoms with E-state index < -0.39 is 18.0 Å². The van der Waals surface area contributed by atoms with Gasteiger partial charge in [-0.1, -0.05) is 30.3 Å². The van der Waals surface area contributed by atoms with Gasteiger partial charge in [-0.3, -0.25) is 0 Å². The number of ether oxygens (including phenoxy) is 1. The number of carbonyl (C=O) groups is 2. The number of benzene rings is 1. The van der Waals surface area contributed by atoms with Crippen molar-refractivity contribution in [3.8, 4) is 0 Å². The molecule has 5 nitrogen and oxygen atoms in total. The Kier molecular flexibility index (Phi) is 4.92. The molecular formula is C13H15NO4. The Morgan fingerprint density at radius 1 is 1.33 bits per heavy atom. The monoisotopic (exact) mass is 249 g/mol. The lowest BCUT2D eigenvalue weighted by Crippen LogP contribution is -2.27. The number of carboxylic acids is 1. The molecule has 0 heterocycles. The average Bonchev–Trinajstić information content (AvgIpc) is 2.36. The highest BCUT2D eigenvalue weighted by Gasteiger charge is 2.19. The van der Waals surface area contributed by atoms with Gasteiger partial charge >= 0.3 is 11.9 Å². The summed E-state index contributed by atoms with van der Waals surface area (Å²) < 4.78 is 4.47. The third kappa shape index (κ3) is 3.93. The lowest BCUT2D eigenvalue weighted by molar-refractivity contribution is -0.139. The van der Waals surface area contributed by atoms with Crippen LogP contribution in [0.1, 0.15) is 18.5 Å². The van der Waals surface area contributed by atoms with Gasteiger partial charge in [0, 0.05) is 11.8 Å². The highest BCUT2D eigenvalue weighted by atomic mass is 16.5. The fourth-order valence-electron chi connectivity index (χ4n) is 1.44. The van der Waals surface area contributed by atoms with Crippen LogP contribution in [0.5, 0.6) is 0 Å². The average molecular weight is 249 g/mol. The first-order valence-electron chi connectivity index (χ1n) is 5.35. The second-order valence-electron chi connectivity index (χ2n) is 3.68. The van der Waals surface area contributed by atoms with E-state index in [2.05, 4.69) is 10.1 Å². The third-order valence-electron chi connectivity index (χ3n) is 2.29. The van der Waals surface area contributed by atoms with E-state index in [0.717, 1.165) is 0 Å². The number of carboxylic acid groups (broad SMARTS) is 1. The van der Waals surface area contributed by atoms with Crippen LogP contribution < -0.4 is 5.32 Å². The Morgan fingerprint density at radius 2 is 1.94 bits per heavy atom. The molecule has 0 aliphatic carbocycles. The van der Waals surface area contributed by atoms with Crippen LogP contribution in [-0.2, 0) is 14.3 Å². The molecule has 18 heavy (non-hydrogen) atoms. The molecule has 0 aliphatic heterocycles. The number of allylic oxidation sites excluding steroid dienone is 1. The summed E-state index contributed by atoms with van der Waals surface area (Å²) in [5, 5.41) is 11.9. The van der Waals surface area contributed by atoms with Crippen molar-refractivity contribution in [3.05, 3.63) is 47.7 Å². The minimum Gasteiger partial charge on any atom is -0.479 e. The van der Waals surface area contributed by atoms with Crippen molar-refractivity contribution in [2.24, 2.45) is 0 Å².